The Labute approximate surface area is 325 Å². The first kappa shape index (κ1) is 38.2. The average molecular weight is 791 g/mol. The topological polar surface area (TPSA) is 195 Å². The number of para-hydroxylation sites is 1. The number of hydrogen-bond donors (Lipinski definition) is 3. The third-order valence-electron chi connectivity index (χ3n) is 12.6. The molecule has 8 rings (SSSR count). The molecule has 7 atom stereocenters. The second kappa shape index (κ2) is 15.3. The first-order chi connectivity index (χ1) is 27.0. The number of nitrogens with one attached hydrogen (secondary N) is 3. The van der Waals surface area contributed by atoms with Crippen molar-refractivity contribution >= 4 is 44.7 Å². The van der Waals surface area contributed by atoms with Crippen molar-refractivity contribution in [2.24, 2.45) is 17.8 Å². The van der Waals surface area contributed by atoms with Gasteiger partial charge in [0, 0.05) is 18.9 Å². The Morgan fingerprint density at radius 3 is 2.48 bits per heavy atom. The molecule has 1 saturated heterocycles. The second-order valence-electron chi connectivity index (χ2n) is 16.3. The highest BCUT2D eigenvalue weighted by atomic mass is 32.2. The lowest BCUT2D eigenvalue weighted by atomic mass is 9.96. The average Bonchev–Trinajstić information content (AvgIpc) is 3.96. The molecule has 16 heteroatoms. The van der Waals surface area contributed by atoms with Crippen molar-refractivity contribution in [3.05, 3.63) is 59.4 Å². The molecule has 15 nitrogen and oxygen atoms in total. The summed E-state index contributed by atoms with van der Waals surface area (Å²) in [5, 5.41) is 5.49. The zero-order valence-electron chi connectivity index (χ0n) is 31.4. The number of alkyl carbamates (subject to hydrolysis) is 1. The smallest absolute Gasteiger partial charge is 0.408 e. The van der Waals surface area contributed by atoms with E-state index in [-0.39, 0.29) is 55.4 Å². The van der Waals surface area contributed by atoms with Crippen LogP contribution in [0, 0.1) is 17.8 Å². The van der Waals surface area contributed by atoms with E-state index in [0.29, 0.717) is 43.0 Å². The van der Waals surface area contributed by atoms with E-state index < -0.39 is 68.7 Å². The van der Waals surface area contributed by atoms with E-state index in [2.05, 4.69) is 21.9 Å². The van der Waals surface area contributed by atoms with Crippen LogP contribution in [0.2, 0.25) is 0 Å². The van der Waals surface area contributed by atoms with Crippen molar-refractivity contribution in [2.75, 3.05) is 6.54 Å². The minimum Gasteiger partial charge on any atom is -0.459 e. The number of hydrogen-bond acceptors (Lipinski definition) is 10. The molecular formula is C40H50N6O9S. The summed E-state index contributed by atoms with van der Waals surface area (Å²) in [4.78, 5) is 76.4. The molecule has 3 heterocycles. The van der Waals surface area contributed by atoms with Crippen LogP contribution in [0.15, 0.2) is 53.9 Å². The number of rotatable bonds is 7. The number of ether oxygens (including phenoxy) is 2. The van der Waals surface area contributed by atoms with E-state index in [9.17, 15) is 32.4 Å². The summed E-state index contributed by atoms with van der Waals surface area (Å²) in [5.41, 5.74) is -1.43. The van der Waals surface area contributed by atoms with Crippen molar-refractivity contribution in [3.8, 4) is 6.01 Å². The van der Waals surface area contributed by atoms with E-state index in [1.165, 1.54) is 15.5 Å². The lowest BCUT2D eigenvalue weighted by Crippen LogP contribution is -2.59. The quantitative estimate of drug-likeness (QED) is 0.351. The number of fused-ring (bicyclic) bond motifs is 5. The number of aromatic nitrogens is 2. The van der Waals surface area contributed by atoms with Gasteiger partial charge in [-0.15, -0.1) is 6.58 Å². The molecule has 300 valence electrons. The van der Waals surface area contributed by atoms with Crippen LogP contribution in [-0.4, -0.2) is 88.3 Å². The molecule has 4 amide bonds. The molecule has 1 aromatic heterocycles. The highest BCUT2D eigenvalue weighted by Crippen LogP contribution is 2.45. The zero-order valence-corrected chi connectivity index (χ0v) is 32.2. The Balaban J connectivity index is 1.14. The fourth-order valence-corrected chi connectivity index (χ4v) is 10.6. The summed E-state index contributed by atoms with van der Waals surface area (Å²) in [6.07, 6.45) is 11.9. The van der Waals surface area contributed by atoms with Crippen molar-refractivity contribution in [1.29, 1.82) is 0 Å². The highest BCUT2D eigenvalue weighted by Gasteiger charge is 2.62. The summed E-state index contributed by atoms with van der Waals surface area (Å²) < 4.78 is 41.6. The molecule has 5 fully saturated rings. The lowest BCUT2D eigenvalue weighted by molar-refractivity contribution is -0.142. The summed E-state index contributed by atoms with van der Waals surface area (Å²) in [6, 6.07) is 4.85. The molecule has 56 heavy (non-hydrogen) atoms. The number of allylic oxidation sites excluding steroid dienone is 2. The molecule has 3 N–H and O–H groups in total. The molecule has 2 aliphatic heterocycles. The van der Waals surface area contributed by atoms with Crippen molar-refractivity contribution in [2.45, 2.75) is 125 Å². The van der Waals surface area contributed by atoms with Crippen molar-refractivity contribution < 1.29 is 37.1 Å². The van der Waals surface area contributed by atoms with Crippen LogP contribution in [0.5, 0.6) is 6.01 Å². The van der Waals surface area contributed by atoms with Crippen molar-refractivity contribution in [1.82, 2.24) is 29.8 Å². The number of carbonyl (C=O) groups excluding carboxylic acids is 4. The first-order valence-corrected chi connectivity index (χ1v) is 21.6. The summed E-state index contributed by atoms with van der Waals surface area (Å²) in [6.45, 7) is 3.88. The molecule has 2 aromatic rings. The minimum atomic E-state index is -3.92. The van der Waals surface area contributed by atoms with Gasteiger partial charge in [-0.2, -0.15) is 4.98 Å². The third-order valence-corrected chi connectivity index (χ3v) is 14.4. The molecule has 2 bridgehead atoms. The van der Waals surface area contributed by atoms with Crippen molar-refractivity contribution in [3.63, 3.8) is 0 Å². The van der Waals surface area contributed by atoms with E-state index in [1.54, 1.807) is 24.3 Å². The Morgan fingerprint density at radius 1 is 0.964 bits per heavy atom. The van der Waals surface area contributed by atoms with Crippen LogP contribution in [0.1, 0.15) is 83.5 Å². The second-order valence-corrected chi connectivity index (χ2v) is 18.3. The lowest BCUT2D eigenvalue weighted by Gasteiger charge is -2.32. The van der Waals surface area contributed by atoms with Gasteiger partial charge in [-0.05, 0) is 88.2 Å². The summed E-state index contributed by atoms with van der Waals surface area (Å²) in [7, 11) is -3.92. The Kier molecular flexibility index (Phi) is 10.4. The van der Waals surface area contributed by atoms with Crippen LogP contribution in [-0.2, 0) is 35.7 Å². The maximum Gasteiger partial charge on any atom is 0.408 e. The number of nitrogens with zero attached hydrogens (tertiary/aromatic N) is 3. The molecule has 4 saturated carbocycles. The van der Waals surface area contributed by atoms with Crippen LogP contribution in [0.3, 0.4) is 0 Å². The molecule has 4 aliphatic carbocycles. The molecule has 0 spiro atoms. The van der Waals surface area contributed by atoms with Crippen LogP contribution >= 0.6 is 0 Å². The molecule has 1 aromatic carbocycles. The minimum absolute atomic E-state index is 0.0292. The first-order valence-electron chi connectivity index (χ1n) is 20.1. The van der Waals surface area contributed by atoms with Gasteiger partial charge in [0.25, 0.3) is 17.5 Å². The van der Waals surface area contributed by atoms with E-state index in [4.69, 9.17) is 14.5 Å². The summed E-state index contributed by atoms with van der Waals surface area (Å²) >= 11 is 0. The monoisotopic (exact) mass is 790 g/mol. The predicted molar refractivity (Wildman–Crippen MR) is 205 cm³/mol. The molecular weight excluding hydrogens is 741 g/mol. The van der Waals surface area contributed by atoms with E-state index in [0.717, 1.165) is 38.5 Å². The van der Waals surface area contributed by atoms with Gasteiger partial charge in [0.2, 0.25) is 21.8 Å². The van der Waals surface area contributed by atoms with Gasteiger partial charge in [0.1, 0.15) is 29.8 Å². The standard InChI is InChI=1S/C40H50N6O9S/c1-2-26-22-40(26,37(50)44-56(52,53)28-18-19-28)43-34(47)31-21-27-23-46(31)36(49)33(25-12-5-6-13-25)42-39(51)55-32-17-10-14-24(32)11-4-3-9-20-45-35(48)29-15-7-8-16-30(29)41-38(45)54-27/h2-3,7-9,15-16,24-28,31-33H,1,4-6,10-14,17-23H2,(H,42,51)(H,43,47)(H,44,50)/b9-3+/t24-,26-,27-,31+,32-,33+,40-/m1/s1. The normalized spacial score (nSPS) is 31.8. The van der Waals surface area contributed by atoms with Crippen LogP contribution < -0.4 is 25.7 Å². The van der Waals surface area contributed by atoms with Gasteiger partial charge in [-0.3, -0.25) is 28.5 Å². The number of sulfonamides is 1. The fraction of sp³-hybridized carbons (Fsp3) is 0.600. The maximum atomic E-state index is 14.8. The Hall–Kier alpha value is -4.73. The van der Waals surface area contributed by atoms with Gasteiger partial charge in [0.15, 0.2) is 0 Å². The van der Waals surface area contributed by atoms with Gasteiger partial charge in [0.05, 0.1) is 22.7 Å². The van der Waals surface area contributed by atoms with Crippen LogP contribution in [0.4, 0.5) is 4.79 Å². The predicted octanol–water partition coefficient (Wildman–Crippen LogP) is 3.22. The summed E-state index contributed by atoms with van der Waals surface area (Å²) in [5.74, 6) is -2.59. The highest BCUT2D eigenvalue weighted by molar-refractivity contribution is 7.91. The number of benzene rings is 1. The molecule has 0 radical (unpaired) electrons. The van der Waals surface area contributed by atoms with Gasteiger partial charge in [-0.1, -0.05) is 43.2 Å². The molecule has 6 aliphatic rings. The van der Waals surface area contributed by atoms with Crippen LogP contribution in [0.25, 0.3) is 10.9 Å². The Morgan fingerprint density at radius 2 is 1.73 bits per heavy atom. The van der Waals surface area contributed by atoms with Gasteiger partial charge >= 0.3 is 6.09 Å². The molecule has 0 unspecified atom stereocenters. The number of amides is 4. The van der Waals surface area contributed by atoms with E-state index >= 15 is 0 Å². The zero-order chi connectivity index (χ0) is 39.2. The SMILES string of the molecule is C=C[C@@H]1C[C@]1(NC(=O)[C@@H]1C[C@@H]2CN1C(=O)[C@H](C1CCCC1)NC(=O)O[C@@H]1CCC[C@H]1CC/C=C/Cn1c(nc3ccccc3c1=O)O2)C(=O)NS(=O)(=O)C1CC1. The number of carbonyl (C=O) groups is 4. The van der Waals surface area contributed by atoms with Gasteiger partial charge in [-0.25, -0.2) is 13.2 Å². The Bertz CT molecular complexity index is 2110. The fourth-order valence-electron chi connectivity index (χ4n) is 9.19. The third kappa shape index (κ3) is 7.55. The largest absolute Gasteiger partial charge is 0.459 e. The van der Waals surface area contributed by atoms with E-state index in [1.807, 2.05) is 12.2 Å². The van der Waals surface area contributed by atoms with Gasteiger partial charge < -0.3 is 25.0 Å². The maximum absolute atomic E-state index is 14.8.